The molecule has 1 heterocycles. The van der Waals surface area contributed by atoms with Crippen molar-refractivity contribution < 1.29 is 14.4 Å². The van der Waals surface area contributed by atoms with Crippen molar-refractivity contribution in [1.29, 1.82) is 0 Å². The maximum absolute atomic E-state index is 10.5. The number of hydrogen-bond donors (Lipinski definition) is 3. The van der Waals surface area contributed by atoms with Crippen LogP contribution in [0.25, 0.3) is 0 Å². The van der Waals surface area contributed by atoms with E-state index in [1.165, 1.54) is 0 Å². The van der Waals surface area contributed by atoms with Gasteiger partial charge in [-0.15, -0.1) is 0 Å². The molecule has 0 amide bonds. The molecule has 0 aliphatic carbocycles. The van der Waals surface area contributed by atoms with Crippen LogP contribution >= 0.6 is 0 Å². The van der Waals surface area contributed by atoms with Crippen LogP contribution in [0.4, 0.5) is 0 Å². The van der Waals surface area contributed by atoms with E-state index in [0.29, 0.717) is 30.6 Å². The fourth-order valence-electron chi connectivity index (χ4n) is 2.58. The molecule has 0 saturated carbocycles. The molecule has 160 valence electrons. The Hall–Kier alpha value is -2.61. The van der Waals surface area contributed by atoms with Crippen molar-refractivity contribution in [2.24, 2.45) is 4.99 Å². The zero-order valence-electron chi connectivity index (χ0n) is 18.0. The summed E-state index contributed by atoms with van der Waals surface area (Å²) in [5.74, 6) is 2.92. The van der Waals surface area contributed by atoms with Gasteiger partial charge in [0.05, 0.1) is 18.8 Å². The quantitative estimate of drug-likeness (QED) is 0.414. The summed E-state index contributed by atoms with van der Waals surface area (Å²) < 4.78 is 10.9. The molecule has 3 N–H and O–H groups in total. The van der Waals surface area contributed by atoms with Crippen LogP contribution in [-0.2, 0) is 6.42 Å². The fourth-order valence-corrected chi connectivity index (χ4v) is 2.58. The maximum atomic E-state index is 10.5. The third-order valence-corrected chi connectivity index (χ3v) is 4.01. The molecule has 1 unspecified atom stereocenters. The van der Waals surface area contributed by atoms with Crippen molar-refractivity contribution in [2.75, 3.05) is 19.6 Å². The highest BCUT2D eigenvalue weighted by molar-refractivity contribution is 5.79. The van der Waals surface area contributed by atoms with Gasteiger partial charge in [0.25, 0.3) is 0 Å². The third-order valence-electron chi connectivity index (χ3n) is 4.01. The molecule has 8 heteroatoms. The first-order chi connectivity index (χ1) is 13.9. The predicted octanol–water partition coefficient (Wildman–Crippen LogP) is 2.81. The van der Waals surface area contributed by atoms with Crippen LogP contribution in [0.3, 0.4) is 0 Å². The Morgan fingerprint density at radius 2 is 2.03 bits per heavy atom. The summed E-state index contributed by atoms with van der Waals surface area (Å²) in [6, 6.07) is 7.48. The summed E-state index contributed by atoms with van der Waals surface area (Å²) in [6.45, 7) is 11.5. The number of ether oxygens (including phenoxy) is 1. The number of aromatic nitrogens is 2. The van der Waals surface area contributed by atoms with Crippen molar-refractivity contribution >= 4 is 5.96 Å². The number of guanidine groups is 1. The monoisotopic (exact) mass is 403 g/mol. The minimum Gasteiger partial charge on any atom is -0.491 e. The van der Waals surface area contributed by atoms with Crippen molar-refractivity contribution in [3.8, 4) is 5.75 Å². The molecule has 1 atom stereocenters. The summed E-state index contributed by atoms with van der Waals surface area (Å²) in [7, 11) is 0. The zero-order chi connectivity index (χ0) is 21.2. The first-order valence-corrected chi connectivity index (χ1v) is 10.2. The predicted molar refractivity (Wildman–Crippen MR) is 113 cm³/mol. The average Bonchev–Trinajstić information content (AvgIpc) is 3.15. The minimum atomic E-state index is -0.717. The second-order valence-corrected chi connectivity index (χ2v) is 7.35. The number of benzene rings is 1. The van der Waals surface area contributed by atoms with Gasteiger partial charge in [-0.1, -0.05) is 31.1 Å². The van der Waals surface area contributed by atoms with Crippen LogP contribution in [0.5, 0.6) is 5.75 Å². The van der Waals surface area contributed by atoms with Crippen molar-refractivity contribution in [2.45, 2.75) is 59.2 Å². The van der Waals surface area contributed by atoms with Gasteiger partial charge in [-0.2, -0.15) is 4.98 Å². The molecule has 0 fully saturated rings. The second-order valence-electron chi connectivity index (χ2n) is 7.35. The summed E-state index contributed by atoms with van der Waals surface area (Å²) >= 11 is 0. The number of nitrogens with zero attached hydrogens (tertiary/aromatic N) is 3. The lowest BCUT2D eigenvalue weighted by Gasteiger charge is -2.15. The SMILES string of the molecule is CCNC(=NCC(O)c1cccc(OC(C)C)c1)NCCc1nc(C(C)C)no1. The fraction of sp³-hybridized carbons (Fsp3) is 0.571. The third kappa shape index (κ3) is 7.73. The molecule has 8 nitrogen and oxygen atoms in total. The topological polar surface area (TPSA) is 105 Å². The number of aliphatic imine (C=N–C) groups is 1. The summed E-state index contributed by atoms with van der Waals surface area (Å²) in [5, 5.41) is 20.9. The van der Waals surface area contributed by atoms with E-state index in [4.69, 9.17) is 9.26 Å². The van der Waals surface area contributed by atoms with Gasteiger partial charge < -0.3 is 25.0 Å². The lowest BCUT2D eigenvalue weighted by Crippen LogP contribution is -2.38. The van der Waals surface area contributed by atoms with E-state index in [0.717, 1.165) is 17.9 Å². The molecule has 2 aromatic rings. The molecule has 0 saturated heterocycles. The Balaban J connectivity index is 1.90. The number of nitrogens with one attached hydrogen (secondary N) is 2. The number of hydrogen-bond acceptors (Lipinski definition) is 6. The number of aliphatic hydroxyl groups excluding tert-OH is 1. The molecular formula is C21H33N5O3. The van der Waals surface area contributed by atoms with E-state index in [1.807, 2.05) is 58.9 Å². The number of rotatable bonds is 10. The van der Waals surface area contributed by atoms with E-state index >= 15 is 0 Å². The first kappa shape index (κ1) is 22.7. The van der Waals surface area contributed by atoms with Crippen LogP contribution in [-0.4, -0.2) is 46.9 Å². The highest BCUT2D eigenvalue weighted by Gasteiger charge is 2.11. The van der Waals surface area contributed by atoms with Gasteiger partial charge in [0.2, 0.25) is 5.89 Å². The van der Waals surface area contributed by atoms with Crippen LogP contribution in [0, 0.1) is 0 Å². The Kier molecular flexibility index (Phi) is 8.92. The Morgan fingerprint density at radius 3 is 2.69 bits per heavy atom. The van der Waals surface area contributed by atoms with Gasteiger partial charge >= 0.3 is 0 Å². The number of aliphatic hydroxyl groups is 1. The van der Waals surface area contributed by atoms with Crippen LogP contribution < -0.4 is 15.4 Å². The second kappa shape index (κ2) is 11.4. The Labute approximate surface area is 172 Å². The summed E-state index contributed by atoms with van der Waals surface area (Å²) in [5.41, 5.74) is 0.773. The molecule has 0 spiro atoms. The van der Waals surface area contributed by atoms with Crippen molar-refractivity contribution in [3.05, 3.63) is 41.5 Å². The van der Waals surface area contributed by atoms with E-state index in [-0.39, 0.29) is 18.6 Å². The molecule has 0 radical (unpaired) electrons. The van der Waals surface area contributed by atoms with Gasteiger partial charge in [-0.05, 0) is 38.5 Å². The van der Waals surface area contributed by atoms with Crippen LogP contribution in [0.15, 0.2) is 33.8 Å². The standard InChI is InChI=1S/C21H33N5O3/c1-6-22-21(23-11-10-19-25-20(14(2)3)26-29-19)24-13-18(27)16-8-7-9-17(12-16)28-15(4)5/h7-9,12,14-15,18,27H,6,10-11,13H2,1-5H3,(H2,22,23,24). The molecule has 1 aromatic carbocycles. The summed E-state index contributed by atoms with van der Waals surface area (Å²) in [6.07, 6.45) is -0.0347. The molecule has 0 bridgehead atoms. The Bertz CT molecular complexity index is 773. The Morgan fingerprint density at radius 1 is 1.24 bits per heavy atom. The highest BCUT2D eigenvalue weighted by atomic mass is 16.5. The van der Waals surface area contributed by atoms with Crippen LogP contribution in [0.1, 0.15) is 63.9 Å². The summed E-state index contributed by atoms with van der Waals surface area (Å²) in [4.78, 5) is 8.85. The van der Waals surface area contributed by atoms with Gasteiger partial charge in [0, 0.05) is 25.4 Å². The van der Waals surface area contributed by atoms with E-state index in [2.05, 4.69) is 25.8 Å². The lowest BCUT2D eigenvalue weighted by atomic mass is 10.1. The molecule has 0 aliphatic heterocycles. The van der Waals surface area contributed by atoms with Gasteiger partial charge in [0.15, 0.2) is 11.8 Å². The maximum Gasteiger partial charge on any atom is 0.228 e. The van der Waals surface area contributed by atoms with Gasteiger partial charge in [-0.25, -0.2) is 0 Å². The molecule has 2 rings (SSSR count). The van der Waals surface area contributed by atoms with Crippen molar-refractivity contribution in [1.82, 2.24) is 20.8 Å². The molecule has 1 aromatic heterocycles. The lowest BCUT2D eigenvalue weighted by molar-refractivity contribution is 0.185. The van der Waals surface area contributed by atoms with Gasteiger partial charge in [-0.3, -0.25) is 4.99 Å². The largest absolute Gasteiger partial charge is 0.491 e. The highest BCUT2D eigenvalue weighted by Crippen LogP contribution is 2.20. The molecule has 0 aliphatic rings. The zero-order valence-corrected chi connectivity index (χ0v) is 18.0. The molecular weight excluding hydrogens is 370 g/mol. The van der Waals surface area contributed by atoms with Crippen LogP contribution in [0.2, 0.25) is 0 Å². The van der Waals surface area contributed by atoms with Crippen molar-refractivity contribution in [3.63, 3.8) is 0 Å². The van der Waals surface area contributed by atoms with Gasteiger partial charge in [0.1, 0.15) is 5.75 Å². The van der Waals surface area contributed by atoms with E-state index in [1.54, 1.807) is 0 Å². The molecule has 29 heavy (non-hydrogen) atoms. The van der Waals surface area contributed by atoms with E-state index < -0.39 is 6.10 Å². The average molecular weight is 404 g/mol. The first-order valence-electron chi connectivity index (χ1n) is 10.2. The minimum absolute atomic E-state index is 0.0837. The van der Waals surface area contributed by atoms with E-state index in [9.17, 15) is 5.11 Å². The normalized spacial score (nSPS) is 13.0. The smallest absolute Gasteiger partial charge is 0.228 e.